The molecule has 3 N–H and O–H groups in total. The van der Waals surface area contributed by atoms with Crippen molar-refractivity contribution in [2.45, 2.75) is 44.1 Å². The number of hydrogen-bond acceptors (Lipinski definition) is 6. The molecule has 2 radical (unpaired) electrons. The molecule has 27 heavy (non-hydrogen) atoms. The highest BCUT2D eigenvalue weighted by atomic mass is 16.7. The van der Waals surface area contributed by atoms with Crippen LogP contribution >= 0.6 is 0 Å². The number of anilines is 1. The molecule has 8 heteroatoms. The highest BCUT2D eigenvalue weighted by Crippen LogP contribution is 2.33. The number of carbonyl (C=O) groups is 1. The third-order valence-corrected chi connectivity index (χ3v) is 4.63. The molecule has 1 fully saturated rings. The predicted octanol–water partition coefficient (Wildman–Crippen LogP) is 1.79. The van der Waals surface area contributed by atoms with E-state index in [0.29, 0.717) is 11.4 Å². The lowest BCUT2D eigenvalue weighted by Crippen LogP contribution is -2.63. The highest BCUT2D eigenvalue weighted by Gasteiger charge is 2.50. The van der Waals surface area contributed by atoms with Gasteiger partial charge in [0, 0.05) is 12.8 Å². The topological polar surface area (TPSA) is 97.3 Å². The summed E-state index contributed by atoms with van der Waals surface area (Å²) in [5, 5.41) is 24.9. The van der Waals surface area contributed by atoms with Gasteiger partial charge in [-0.3, -0.25) is 4.79 Å². The summed E-state index contributed by atoms with van der Waals surface area (Å²) in [5.41, 5.74) is -0.255. The molecule has 1 saturated heterocycles. The maximum Gasteiger partial charge on any atom is 0.229 e. The number of aliphatic hydroxyl groups excluding tert-OH is 2. The number of methoxy groups -OCH3 is 1. The Morgan fingerprint density at radius 3 is 2.48 bits per heavy atom. The van der Waals surface area contributed by atoms with Gasteiger partial charge in [0.1, 0.15) is 24.1 Å². The van der Waals surface area contributed by atoms with Crippen molar-refractivity contribution in [3.05, 3.63) is 36.4 Å². The van der Waals surface area contributed by atoms with Crippen LogP contribution in [0.1, 0.15) is 13.8 Å². The van der Waals surface area contributed by atoms with Gasteiger partial charge in [-0.15, -0.1) is 0 Å². The fourth-order valence-electron chi connectivity index (χ4n) is 3.36. The molecule has 1 aliphatic heterocycles. The number of carbonyl (C=O) groups excluding carboxylic acids is 1. The molecule has 0 saturated carbocycles. The molecule has 0 aliphatic carbocycles. The van der Waals surface area contributed by atoms with Gasteiger partial charge in [-0.25, -0.2) is 0 Å². The lowest BCUT2D eigenvalue weighted by Gasteiger charge is -2.46. The molecule has 1 heterocycles. The Balaban J connectivity index is 1.80. The molecule has 0 unspecified atom stereocenters. The molecular formula is C19H22BNO6. The zero-order valence-electron chi connectivity index (χ0n) is 15.4. The summed E-state index contributed by atoms with van der Waals surface area (Å²) in [4.78, 5) is 11.0. The zero-order chi connectivity index (χ0) is 19.8. The van der Waals surface area contributed by atoms with Crippen LogP contribution in [0.2, 0.25) is 0 Å². The number of fused-ring (bicyclic) bond motifs is 1. The van der Waals surface area contributed by atoms with Crippen molar-refractivity contribution in [1.29, 1.82) is 0 Å². The summed E-state index contributed by atoms with van der Waals surface area (Å²) >= 11 is 0. The number of nitrogens with one attached hydrogen (secondary N) is 1. The second-order valence-electron chi connectivity index (χ2n) is 7.06. The van der Waals surface area contributed by atoms with Crippen molar-refractivity contribution in [1.82, 2.24) is 0 Å². The van der Waals surface area contributed by atoms with Crippen molar-refractivity contribution >= 4 is 30.1 Å². The van der Waals surface area contributed by atoms with Gasteiger partial charge < -0.3 is 29.7 Å². The fraction of sp³-hybridized carbons (Fsp3) is 0.421. The van der Waals surface area contributed by atoms with Gasteiger partial charge >= 0.3 is 0 Å². The Kier molecular flexibility index (Phi) is 5.44. The molecule has 1 amide bonds. The average molecular weight is 371 g/mol. The summed E-state index contributed by atoms with van der Waals surface area (Å²) in [6.45, 7) is 3.53. The van der Waals surface area contributed by atoms with E-state index >= 15 is 0 Å². The van der Waals surface area contributed by atoms with Crippen LogP contribution in [0.5, 0.6) is 5.75 Å². The smallest absolute Gasteiger partial charge is 0.229 e. The maximum absolute atomic E-state index is 11.0. The minimum absolute atomic E-state index is 0.473. The average Bonchev–Trinajstić information content (AvgIpc) is 2.59. The van der Waals surface area contributed by atoms with E-state index in [0.717, 1.165) is 10.8 Å². The van der Waals surface area contributed by atoms with E-state index in [1.54, 1.807) is 38.1 Å². The number of benzene rings is 2. The summed E-state index contributed by atoms with van der Waals surface area (Å²) < 4.78 is 16.9. The Morgan fingerprint density at radius 2 is 1.81 bits per heavy atom. The van der Waals surface area contributed by atoms with Crippen LogP contribution in [0.3, 0.4) is 0 Å². The third kappa shape index (κ3) is 4.09. The SMILES string of the molecule is [B]C(=O)Nc1ccc2cc(O[C@@H]3OC(C)(C)[C@H](OC)[C@@H](O)[C@H]3O)ccc2c1. The first kappa shape index (κ1) is 19.6. The lowest BCUT2D eigenvalue weighted by molar-refractivity contribution is -0.305. The summed E-state index contributed by atoms with van der Waals surface area (Å²) in [5.74, 6) is -0.158. The minimum Gasteiger partial charge on any atom is -0.462 e. The third-order valence-electron chi connectivity index (χ3n) is 4.63. The van der Waals surface area contributed by atoms with Crippen molar-refractivity contribution in [2.75, 3.05) is 12.4 Å². The van der Waals surface area contributed by atoms with Gasteiger partial charge in [-0.1, -0.05) is 12.1 Å². The van der Waals surface area contributed by atoms with Gasteiger partial charge in [-0.05, 0) is 48.9 Å². The van der Waals surface area contributed by atoms with Crippen molar-refractivity contribution in [2.24, 2.45) is 0 Å². The molecule has 2 aromatic rings. The van der Waals surface area contributed by atoms with E-state index in [1.165, 1.54) is 7.11 Å². The molecular weight excluding hydrogens is 349 g/mol. The number of aliphatic hydroxyl groups is 2. The Hall–Kier alpha value is -2.13. The molecule has 142 valence electrons. The van der Waals surface area contributed by atoms with E-state index < -0.39 is 36.0 Å². The molecule has 3 rings (SSSR count). The number of hydrogen-bond donors (Lipinski definition) is 3. The first-order valence-electron chi connectivity index (χ1n) is 8.55. The molecule has 1 aliphatic rings. The summed E-state index contributed by atoms with van der Waals surface area (Å²) in [6.07, 6.45) is -4.14. The first-order valence-corrected chi connectivity index (χ1v) is 8.55. The molecule has 2 aromatic carbocycles. The molecule has 0 bridgehead atoms. The number of ether oxygens (including phenoxy) is 3. The van der Waals surface area contributed by atoms with Crippen molar-refractivity contribution in [3.63, 3.8) is 0 Å². The second-order valence-corrected chi connectivity index (χ2v) is 7.06. The van der Waals surface area contributed by atoms with Crippen LogP contribution in [0.15, 0.2) is 36.4 Å². The zero-order valence-corrected chi connectivity index (χ0v) is 15.4. The minimum atomic E-state index is -1.26. The standard InChI is InChI=1S/C19H22BNO6/c1-19(2)16(25-3)14(22)15(23)17(27-19)26-13-7-5-10-8-12(21-18(20)24)6-4-11(10)9-13/h4-9,14-17,22-23H,1-3H3,(H,21,24)/t14-,15+,16+,17+/m0/s1. The monoisotopic (exact) mass is 371 g/mol. The molecule has 7 nitrogen and oxygen atoms in total. The normalized spacial score (nSPS) is 27.3. The van der Waals surface area contributed by atoms with Gasteiger partial charge in [0.25, 0.3) is 0 Å². The number of amides is 1. The fourth-order valence-corrected chi connectivity index (χ4v) is 3.36. The Labute approximate surface area is 158 Å². The highest BCUT2D eigenvalue weighted by molar-refractivity contribution is 6.60. The van der Waals surface area contributed by atoms with E-state index in [4.69, 9.17) is 22.1 Å². The van der Waals surface area contributed by atoms with E-state index in [-0.39, 0.29) is 0 Å². The van der Waals surface area contributed by atoms with Crippen LogP contribution in [-0.4, -0.2) is 61.2 Å². The maximum atomic E-state index is 11.0. The largest absolute Gasteiger partial charge is 0.462 e. The first-order chi connectivity index (χ1) is 12.7. The van der Waals surface area contributed by atoms with E-state index in [2.05, 4.69) is 5.32 Å². The lowest BCUT2D eigenvalue weighted by atomic mass is 9.89. The van der Waals surface area contributed by atoms with E-state index in [1.807, 2.05) is 12.1 Å². The number of rotatable bonds is 4. The van der Waals surface area contributed by atoms with Crippen molar-refractivity contribution in [3.8, 4) is 5.75 Å². The van der Waals surface area contributed by atoms with Gasteiger partial charge in [0.2, 0.25) is 14.1 Å². The van der Waals surface area contributed by atoms with Crippen molar-refractivity contribution < 1.29 is 29.2 Å². The Morgan fingerprint density at radius 1 is 1.15 bits per heavy atom. The van der Waals surface area contributed by atoms with Crippen LogP contribution in [0.4, 0.5) is 10.5 Å². The summed E-state index contributed by atoms with van der Waals surface area (Å²) in [6, 6.07) is 10.6. The van der Waals surface area contributed by atoms with Crippen LogP contribution in [0.25, 0.3) is 10.8 Å². The van der Waals surface area contributed by atoms with Crippen LogP contribution in [0, 0.1) is 0 Å². The molecule has 0 spiro atoms. The second kappa shape index (κ2) is 7.48. The predicted molar refractivity (Wildman–Crippen MR) is 101 cm³/mol. The Bertz CT molecular complexity index is 842. The van der Waals surface area contributed by atoms with Crippen LogP contribution in [-0.2, 0) is 9.47 Å². The quantitative estimate of drug-likeness (QED) is 0.709. The van der Waals surface area contributed by atoms with Crippen LogP contribution < -0.4 is 10.1 Å². The summed E-state index contributed by atoms with van der Waals surface area (Å²) in [7, 11) is 6.58. The van der Waals surface area contributed by atoms with E-state index in [9.17, 15) is 15.0 Å². The molecule has 0 aromatic heterocycles. The van der Waals surface area contributed by atoms with Gasteiger partial charge in [0.15, 0.2) is 5.81 Å². The molecule has 4 atom stereocenters. The van der Waals surface area contributed by atoms with Gasteiger partial charge in [-0.2, -0.15) is 0 Å². The van der Waals surface area contributed by atoms with Gasteiger partial charge in [0.05, 0.1) is 5.60 Å².